The number of nitrogens with zero attached hydrogens (tertiary/aromatic N) is 1. The van der Waals surface area contributed by atoms with Gasteiger partial charge in [-0.15, -0.1) is 0 Å². The first kappa shape index (κ1) is 16.1. The summed E-state index contributed by atoms with van der Waals surface area (Å²) in [6, 6.07) is 0. The molecule has 98 valence electrons. The Labute approximate surface area is 105 Å². The quantitative estimate of drug-likeness (QED) is 0.548. The van der Waals surface area contributed by atoms with Gasteiger partial charge in [0.25, 0.3) is 0 Å². The van der Waals surface area contributed by atoms with Gasteiger partial charge < -0.3 is 9.84 Å². The summed E-state index contributed by atoms with van der Waals surface area (Å²) in [6.45, 7) is 12.1. The van der Waals surface area contributed by atoms with Gasteiger partial charge in [0, 0.05) is 18.7 Å². The van der Waals surface area contributed by atoms with Gasteiger partial charge in [0.2, 0.25) is 0 Å². The van der Waals surface area contributed by atoms with Crippen LogP contribution in [0.5, 0.6) is 0 Å². The Balaban J connectivity index is 4.84. The maximum atomic E-state index is 10.2. The number of allylic oxidation sites excluding steroid dienone is 1. The summed E-state index contributed by atoms with van der Waals surface area (Å²) in [5.74, 6) is 0. The minimum absolute atomic E-state index is 0.377. The molecule has 0 aromatic rings. The molecule has 0 radical (unpaired) electrons. The Hall–Kier alpha value is -0.930. The van der Waals surface area contributed by atoms with Crippen molar-refractivity contribution in [3.05, 3.63) is 24.8 Å². The van der Waals surface area contributed by atoms with Crippen LogP contribution in [0.3, 0.4) is 0 Å². The molecule has 0 spiro atoms. The molecule has 3 heteroatoms. The summed E-state index contributed by atoms with van der Waals surface area (Å²) in [6.07, 6.45) is 6.32. The summed E-state index contributed by atoms with van der Waals surface area (Å²) in [4.78, 5) is 4.43. The molecule has 1 atom stereocenters. The van der Waals surface area contributed by atoms with E-state index in [0.717, 1.165) is 0 Å². The number of hydrogen-bond donors (Lipinski definition) is 1. The van der Waals surface area contributed by atoms with Crippen LogP contribution in [0.1, 0.15) is 27.7 Å². The summed E-state index contributed by atoms with van der Waals surface area (Å²) in [5, 5.41) is 10.2. The Bertz CT molecular complexity index is 291. The lowest BCUT2D eigenvalue weighted by Gasteiger charge is -2.41. The third kappa shape index (κ3) is 4.44. The van der Waals surface area contributed by atoms with Crippen molar-refractivity contribution < 1.29 is 9.84 Å². The second-order valence-electron chi connectivity index (χ2n) is 5.12. The Morgan fingerprint density at radius 2 is 1.94 bits per heavy atom. The lowest BCUT2D eigenvalue weighted by atomic mass is 9.70. The maximum absolute atomic E-state index is 10.2. The second-order valence-corrected chi connectivity index (χ2v) is 5.12. The van der Waals surface area contributed by atoms with Crippen LogP contribution in [0.4, 0.5) is 0 Å². The van der Waals surface area contributed by atoms with Gasteiger partial charge in [-0.1, -0.05) is 38.7 Å². The molecular formula is C14H25NO2. The molecule has 0 rings (SSSR count). The van der Waals surface area contributed by atoms with E-state index >= 15 is 0 Å². The lowest BCUT2D eigenvalue weighted by Crippen LogP contribution is -2.45. The molecule has 0 fully saturated rings. The second kappa shape index (κ2) is 6.72. The predicted molar refractivity (Wildman–Crippen MR) is 73.6 cm³/mol. The van der Waals surface area contributed by atoms with Crippen molar-refractivity contribution in [2.24, 2.45) is 10.4 Å². The van der Waals surface area contributed by atoms with Gasteiger partial charge in [0.1, 0.15) is 0 Å². The van der Waals surface area contributed by atoms with E-state index in [1.165, 1.54) is 0 Å². The monoisotopic (exact) mass is 239 g/mol. The average molecular weight is 239 g/mol. The maximum Gasteiger partial charge on any atom is 0.0795 e. The van der Waals surface area contributed by atoms with Crippen LogP contribution in [0.15, 0.2) is 29.8 Å². The van der Waals surface area contributed by atoms with Gasteiger partial charge in [-0.25, -0.2) is 0 Å². The molecule has 1 N–H and O–H groups in total. The van der Waals surface area contributed by atoms with Crippen LogP contribution >= 0.6 is 0 Å². The van der Waals surface area contributed by atoms with Crippen molar-refractivity contribution in [3.8, 4) is 0 Å². The van der Waals surface area contributed by atoms with Crippen LogP contribution < -0.4 is 0 Å². The molecule has 1 unspecified atom stereocenters. The van der Waals surface area contributed by atoms with Crippen molar-refractivity contribution in [2.75, 3.05) is 13.7 Å². The molecule has 0 amide bonds. The molecule has 0 aromatic carbocycles. The van der Waals surface area contributed by atoms with Gasteiger partial charge >= 0.3 is 0 Å². The van der Waals surface area contributed by atoms with Gasteiger partial charge in [-0.2, -0.15) is 0 Å². The molecule has 0 heterocycles. The SMILES string of the molecule is C=CC=NC(C)(C)C(C)(C)C(O)/C=C\COC. The van der Waals surface area contributed by atoms with Crippen LogP contribution in [0.25, 0.3) is 0 Å². The van der Waals surface area contributed by atoms with E-state index in [1.54, 1.807) is 25.5 Å². The first-order valence-electron chi connectivity index (χ1n) is 5.79. The fourth-order valence-electron chi connectivity index (χ4n) is 1.29. The predicted octanol–water partition coefficient (Wildman–Crippen LogP) is 2.61. The molecular weight excluding hydrogens is 214 g/mol. The van der Waals surface area contributed by atoms with E-state index < -0.39 is 6.10 Å². The average Bonchev–Trinajstić information content (AvgIpc) is 2.26. The number of aliphatic imine (C=N–C) groups is 1. The highest BCUT2D eigenvalue weighted by atomic mass is 16.5. The molecule has 0 aliphatic heterocycles. The zero-order chi connectivity index (χ0) is 13.5. The number of methoxy groups -OCH3 is 1. The summed E-state index contributed by atoms with van der Waals surface area (Å²) < 4.78 is 4.91. The van der Waals surface area contributed by atoms with Crippen molar-refractivity contribution in [3.63, 3.8) is 0 Å². The molecule has 0 aliphatic carbocycles. The lowest BCUT2D eigenvalue weighted by molar-refractivity contribution is 0.0380. The van der Waals surface area contributed by atoms with Crippen LogP contribution in [-0.2, 0) is 4.74 Å². The van der Waals surface area contributed by atoms with E-state index in [-0.39, 0.29) is 11.0 Å². The first-order chi connectivity index (χ1) is 7.79. The summed E-state index contributed by atoms with van der Waals surface area (Å²) in [5.41, 5.74) is -0.755. The standard InChI is InChI=1S/C14H25NO2/c1-7-10-15-14(4,5)13(2,3)12(16)9-8-11-17-6/h7-10,12,16H,1,11H2,2-6H3/b9-8-,15-10?. The highest BCUT2D eigenvalue weighted by molar-refractivity contribution is 5.70. The van der Waals surface area contributed by atoms with Gasteiger partial charge in [-0.3, -0.25) is 4.99 Å². The van der Waals surface area contributed by atoms with E-state index in [0.29, 0.717) is 6.61 Å². The largest absolute Gasteiger partial charge is 0.388 e. The zero-order valence-corrected chi connectivity index (χ0v) is 11.6. The number of hydrogen-bond acceptors (Lipinski definition) is 3. The fraction of sp³-hybridized carbons (Fsp3) is 0.643. The normalized spacial score (nSPS) is 15.6. The number of ether oxygens (including phenoxy) is 1. The molecule has 0 saturated heterocycles. The molecule has 0 saturated carbocycles. The number of aliphatic hydroxyl groups excluding tert-OH is 1. The van der Waals surface area contributed by atoms with Crippen LogP contribution in [-0.4, -0.2) is 36.7 Å². The number of aliphatic hydroxyl groups is 1. The molecule has 0 bridgehead atoms. The Kier molecular flexibility index (Phi) is 6.35. The highest BCUT2D eigenvalue weighted by Gasteiger charge is 2.41. The van der Waals surface area contributed by atoms with E-state index in [2.05, 4.69) is 11.6 Å². The molecule has 3 nitrogen and oxygen atoms in total. The summed E-state index contributed by atoms with van der Waals surface area (Å²) in [7, 11) is 1.63. The van der Waals surface area contributed by atoms with Gasteiger partial charge in [-0.05, 0) is 13.8 Å². The number of rotatable bonds is 7. The third-order valence-electron chi connectivity index (χ3n) is 3.40. The smallest absolute Gasteiger partial charge is 0.0795 e. The minimum Gasteiger partial charge on any atom is -0.388 e. The summed E-state index contributed by atoms with van der Waals surface area (Å²) >= 11 is 0. The third-order valence-corrected chi connectivity index (χ3v) is 3.40. The van der Waals surface area contributed by atoms with Crippen LogP contribution in [0.2, 0.25) is 0 Å². The molecule has 0 aromatic heterocycles. The minimum atomic E-state index is -0.574. The Morgan fingerprint density at radius 1 is 1.35 bits per heavy atom. The first-order valence-corrected chi connectivity index (χ1v) is 5.79. The highest BCUT2D eigenvalue weighted by Crippen LogP contribution is 2.37. The zero-order valence-electron chi connectivity index (χ0n) is 11.6. The van der Waals surface area contributed by atoms with E-state index in [4.69, 9.17) is 4.74 Å². The molecule has 0 aliphatic rings. The van der Waals surface area contributed by atoms with Crippen molar-refractivity contribution in [1.29, 1.82) is 0 Å². The van der Waals surface area contributed by atoms with Gasteiger partial charge in [0.05, 0.1) is 18.2 Å². The fourth-order valence-corrected chi connectivity index (χ4v) is 1.29. The van der Waals surface area contributed by atoms with E-state index in [9.17, 15) is 5.11 Å². The molecule has 17 heavy (non-hydrogen) atoms. The van der Waals surface area contributed by atoms with E-state index in [1.807, 2.05) is 33.8 Å². The van der Waals surface area contributed by atoms with Crippen molar-refractivity contribution >= 4 is 6.21 Å². The van der Waals surface area contributed by atoms with Gasteiger partial charge in [0.15, 0.2) is 0 Å². The Morgan fingerprint density at radius 3 is 2.41 bits per heavy atom. The topological polar surface area (TPSA) is 41.8 Å². The van der Waals surface area contributed by atoms with Crippen molar-refractivity contribution in [1.82, 2.24) is 0 Å². The van der Waals surface area contributed by atoms with Crippen LogP contribution in [0, 0.1) is 5.41 Å². The van der Waals surface area contributed by atoms with Crippen molar-refractivity contribution in [2.45, 2.75) is 39.3 Å².